The second kappa shape index (κ2) is 3.13. The van der Waals surface area contributed by atoms with Gasteiger partial charge in [0.15, 0.2) is 0 Å². The van der Waals surface area contributed by atoms with Crippen LogP contribution in [0.1, 0.15) is 17.5 Å². The molecule has 0 aromatic heterocycles. The van der Waals surface area contributed by atoms with Crippen LogP contribution in [0.15, 0.2) is 59.1 Å². The van der Waals surface area contributed by atoms with Gasteiger partial charge in [-0.25, -0.2) is 0 Å². The molecule has 18 heavy (non-hydrogen) atoms. The fourth-order valence-electron chi connectivity index (χ4n) is 2.90. The monoisotopic (exact) mass is 237 g/mol. The predicted molar refractivity (Wildman–Crippen MR) is 68.9 cm³/mol. The summed E-state index contributed by atoms with van der Waals surface area (Å²) in [5.74, 6) is 1.91. The van der Waals surface area contributed by atoms with E-state index < -0.39 is 0 Å². The highest BCUT2D eigenvalue weighted by atomic mass is 16.5. The molecule has 2 aliphatic heterocycles. The summed E-state index contributed by atoms with van der Waals surface area (Å²) in [5.41, 5.74) is 1.93. The summed E-state index contributed by atoms with van der Waals surface area (Å²) in [5, 5.41) is 9.65. The molecule has 1 spiro atoms. The van der Waals surface area contributed by atoms with E-state index in [9.17, 15) is 5.11 Å². The van der Waals surface area contributed by atoms with Gasteiger partial charge in [-0.3, -0.25) is 4.99 Å². The number of aliphatic hydroxyl groups is 1. The van der Waals surface area contributed by atoms with Crippen LogP contribution in [0.4, 0.5) is 0 Å². The molecule has 1 N–H and O–H groups in total. The highest BCUT2D eigenvalue weighted by molar-refractivity contribution is 5.86. The molecule has 0 fully saturated rings. The van der Waals surface area contributed by atoms with Gasteiger partial charge in [-0.05, 0) is 24.6 Å². The van der Waals surface area contributed by atoms with Crippen LogP contribution >= 0.6 is 0 Å². The predicted octanol–water partition coefficient (Wildman–Crippen LogP) is 2.99. The maximum Gasteiger partial charge on any atom is 0.132 e. The number of benzene rings is 1. The normalized spacial score (nSPS) is 26.7. The molecule has 0 bridgehead atoms. The first kappa shape index (κ1) is 9.71. The first-order chi connectivity index (χ1) is 8.79. The van der Waals surface area contributed by atoms with E-state index in [4.69, 9.17) is 4.74 Å². The van der Waals surface area contributed by atoms with Crippen molar-refractivity contribution >= 4 is 6.21 Å². The molecule has 4 rings (SSSR count). The summed E-state index contributed by atoms with van der Waals surface area (Å²) in [4.78, 5) is 4.27. The van der Waals surface area contributed by atoms with E-state index in [1.165, 1.54) is 0 Å². The average molecular weight is 237 g/mol. The first-order valence-electron chi connectivity index (χ1n) is 5.93. The molecule has 1 aliphatic carbocycles. The molecule has 88 valence electrons. The maximum atomic E-state index is 9.65. The van der Waals surface area contributed by atoms with Crippen molar-refractivity contribution in [2.75, 3.05) is 0 Å². The molecule has 0 radical (unpaired) electrons. The van der Waals surface area contributed by atoms with Gasteiger partial charge in [0.05, 0.1) is 5.41 Å². The van der Waals surface area contributed by atoms with Gasteiger partial charge < -0.3 is 9.84 Å². The third kappa shape index (κ3) is 1.06. The van der Waals surface area contributed by atoms with E-state index in [1.807, 2.05) is 36.7 Å². The topological polar surface area (TPSA) is 41.8 Å². The Bertz CT molecular complexity index is 667. The summed E-state index contributed by atoms with van der Waals surface area (Å²) in [7, 11) is 0. The van der Waals surface area contributed by atoms with Crippen molar-refractivity contribution in [1.29, 1.82) is 0 Å². The number of nitrogens with zero attached hydrogens (tertiary/aromatic N) is 1. The van der Waals surface area contributed by atoms with E-state index in [1.54, 1.807) is 6.08 Å². The molecule has 1 unspecified atom stereocenters. The fraction of sp³-hybridized carbons (Fsp3) is 0.133. The van der Waals surface area contributed by atoms with E-state index in [2.05, 4.69) is 11.1 Å². The van der Waals surface area contributed by atoms with Gasteiger partial charge in [0, 0.05) is 29.6 Å². The fourth-order valence-corrected chi connectivity index (χ4v) is 2.90. The maximum absolute atomic E-state index is 9.65. The Balaban J connectivity index is 2.06. The zero-order chi connectivity index (χ0) is 12.2. The second-order valence-electron chi connectivity index (χ2n) is 4.73. The van der Waals surface area contributed by atoms with Gasteiger partial charge in [0.25, 0.3) is 0 Å². The molecule has 1 aromatic carbocycles. The lowest BCUT2D eigenvalue weighted by Gasteiger charge is -2.27. The van der Waals surface area contributed by atoms with Crippen LogP contribution < -0.4 is 4.74 Å². The van der Waals surface area contributed by atoms with E-state index >= 15 is 0 Å². The van der Waals surface area contributed by atoms with Crippen LogP contribution in [0.25, 0.3) is 0 Å². The summed E-state index contributed by atoms with van der Waals surface area (Å²) in [6.45, 7) is 0. The summed E-state index contributed by atoms with van der Waals surface area (Å²) in [6, 6.07) is 5.97. The smallest absolute Gasteiger partial charge is 0.132 e. The first-order valence-corrected chi connectivity index (χ1v) is 5.93. The number of hydrogen-bond acceptors (Lipinski definition) is 3. The number of allylic oxidation sites excluding steroid dienone is 3. The second-order valence-corrected chi connectivity index (χ2v) is 4.73. The van der Waals surface area contributed by atoms with Crippen LogP contribution in [0.3, 0.4) is 0 Å². The molecule has 2 heterocycles. The molecule has 3 nitrogen and oxygen atoms in total. The lowest BCUT2D eigenvalue weighted by Crippen LogP contribution is -2.26. The Morgan fingerprint density at radius 2 is 2.28 bits per heavy atom. The van der Waals surface area contributed by atoms with Crippen LogP contribution in [-0.2, 0) is 5.41 Å². The SMILES string of the molecule is OC1=CCC23C=CN=Cc4cccc(c42)OC3=C1. The molecule has 3 heteroatoms. The summed E-state index contributed by atoms with van der Waals surface area (Å²) < 4.78 is 5.90. The van der Waals surface area contributed by atoms with Crippen molar-refractivity contribution in [3.05, 3.63) is 65.3 Å². The lowest BCUT2D eigenvalue weighted by molar-refractivity contribution is 0.365. The van der Waals surface area contributed by atoms with Crippen molar-refractivity contribution in [3.63, 3.8) is 0 Å². The molecule has 0 amide bonds. The zero-order valence-electron chi connectivity index (χ0n) is 9.63. The van der Waals surface area contributed by atoms with Gasteiger partial charge in [-0.1, -0.05) is 12.1 Å². The van der Waals surface area contributed by atoms with Crippen LogP contribution in [0, 0.1) is 0 Å². The minimum absolute atomic E-state index is 0.267. The van der Waals surface area contributed by atoms with Crippen LogP contribution in [-0.4, -0.2) is 11.3 Å². The molecule has 3 aliphatic rings. The standard InChI is InChI=1S/C15H11NO2/c17-11-4-5-15-6-7-16-9-10-2-1-3-12(14(10)15)18-13(15)8-11/h1-4,6-9,17H,5H2. The minimum Gasteiger partial charge on any atom is -0.508 e. The summed E-state index contributed by atoms with van der Waals surface area (Å²) >= 11 is 0. The molecule has 0 saturated carbocycles. The van der Waals surface area contributed by atoms with E-state index in [0.717, 1.165) is 22.6 Å². The number of hydrogen-bond donors (Lipinski definition) is 1. The number of rotatable bonds is 0. The minimum atomic E-state index is -0.297. The molecular formula is C15H11NO2. The Labute approximate surface area is 104 Å². The zero-order valence-corrected chi connectivity index (χ0v) is 9.63. The van der Waals surface area contributed by atoms with Gasteiger partial charge in [-0.15, -0.1) is 0 Å². The van der Waals surface area contributed by atoms with Crippen molar-refractivity contribution in [2.24, 2.45) is 4.99 Å². The van der Waals surface area contributed by atoms with Crippen LogP contribution in [0.2, 0.25) is 0 Å². The van der Waals surface area contributed by atoms with Crippen molar-refractivity contribution in [1.82, 2.24) is 0 Å². The van der Waals surface area contributed by atoms with Gasteiger partial charge >= 0.3 is 0 Å². The largest absolute Gasteiger partial charge is 0.508 e. The van der Waals surface area contributed by atoms with Crippen molar-refractivity contribution < 1.29 is 9.84 Å². The average Bonchev–Trinajstić information content (AvgIpc) is 2.57. The Hall–Kier alpha value is -2.29. The van der Waals surface area contributed by atoms with Gasteiger partial charge in [-0.2, -0.15) is 0 Å². The molecule has 0 saturated heterocycles. The van der Waals surface area contributed by atoms with E-state index in [0.29, 0.717) is 6.42 Å². The summed E-state index contributed by atoms with van der Waals surface area (Å²) in [6.07, 6.45) is 9.95. The molecule has 1 atom stereocenters. The van der Waals surface area contributed by atoms with Crippen LogP contribution in [0.5, 0.6) is 5.75 Å². The molecular weight excluding hydrogens is 226 g/mol. The Kier molecular flexibility index (Phi) is 1.69. The third-order valence-electron chi connectivity index (χ3n) is 3.74. The van der Waals surface area contributed by atoms with Crippen molar-refractivity contribution in [3.8, 4) is 5.75 Å². The van der Waals surface area contributed by atoms with Crippen molar-refractivity contribution in [2.45, 2.75) is 11.8 Å². The lowest BCUT2D eigenvalue weighted by atomic mass is 9.73. The Morgan fingerprint density at radius 1 is 1.33 bits per heavy atom. The highest BCUT2D eigenvalue weighted by Crippen LogP contribution is 2.52. The quantitative estimate of drug-likeness (QED) is 0.753. The highest BCUT2D eigenvalue weighted by Gasteiger charge is 2.46. The van der Waals surface area contributed by atoms with Gasteiger partial charge in [0.1, 0.15) is 17.3 Å². The number of aliphatic hydroxyl groups excluding tert-OH is 1. The Morgan fingerprint density at radius 3 is 3.22 bits per heavy atom. The molecule has 1 aromatic rings. The van der Waals surface area contributed by atoms with E-state index in [-0.39, 0.29) is 11.2 Å². The number of aliphatic imine (C=N–C) groups is 1. The van der Waals surface area contributed by atoms with Gasteiger partial charge in [0.2, 0.25) is 0 Å². The number of ether oxygens (including phenoxy) is 1. The third-order valence-corrected chi connectivity index (χ3v) is 3.74.